The van der Waals surface area contributed by atoms with Gasteiger partial charge in [0.05, 0.1) is 0 Å². The number of hydrogen-bond donors (Lipinski definition) is 2. The summed E-state index contributed by atoms with van der Waals surface area (Å²) in [5.41, 5.74) is 2.52. The van der Waals surface area contributed by atoms with Gasteiger partial charge in [0.15, 0.2) is 0 Å². The van der Waals surface area contributed by atoms with Crippen LogP contribution in [0, 0.1) is 0 Å². The minimum atomic E-state index is -0.796. The van der Waals surface area contributed by atoms with E-state index in [2.05, 4.69) is 17.6 Å². The van der Waals surface area contributed by atoms with Crippen LogP contribution in [0.25, 0.3) is 0 Å². The molecule has 0 radical (unpaired) electrons. The second-order valence-corrected chi connectivity index (χ2v) is 7.87. The summed E-state index contributed by atoms with van der Waals surface area (Å²) < 4.78 is 5.28. The van der Waals surface area contributed by atoms with E-state index in [4.69, 9.17) is 4.74 Å². The maximum absolute atomic E-state index is 13.5. The normalized spacial score (nSPS) is 15.6. The topological polar surface area (TPSA) is 87.7 Å². The predicted octanol–water partition coefficient (Wildman–Crippen LogP) is 3.57. The Kier molecular flexibility index (Phi) is 8.25. The number of fused-ring (bicyclic) bond motifs is 1. The minimum Gasteiger partial charge on any atom is -0.445 e. The molecule has 0 aromatic heterocycles. The van der Waals surface area contributed by atoms with Crippen molar-refractivity contribution in [3.8, 4) is 0 Å². The van der Waals surface area contributed by atoms with E-state index in [1.54, 1.807) is 0 Å². The third-order valence-corrected chi connectivity index (χ3v) is 5.56. The number of alkyl carbamates (subject to hydrolysis) is 1. The molecule has 0 saturated carbocycles. The summed E-state index contributed by atoms with van der Waals surface area (Å²) in [6.45, 7) is 4.57. The van der Waals surface area contributed by atoms with Gasteiger partial charge in [-0.1, -0.05) is 68.8 Å². The SMILES string of the molecule is CCCCNC(=O)[C@@H]1Cc2ccccc2N1C(=O)[C@H](CC)NC(=O)OCc1ccccc1. The van der Waals surface area contributed by atoms with Gasteiger partial charge >= 0.3 is 6.09 Å². The predicted molar refractivity (Wildman–Crippen MR) is 123 cm³/mol. The van der Waals surface area contributed by atoms with E-state index >= 15 is 0 Å². The summed E-state index contributed by atoms with van der Waals surface area (Å²) in [4.78, 5) is 40.2. The number of amides is 3. The number of unbranched alkanes of at least 4 members (excludes halogenated alkanes) is 1. The molecule has 0 bridgehead atoms. The van der Waals surface area contributed by atoms with Crippen molar-refractivity contribution < 1.29 is 19.1 Å². The van der Waals surface area contributed by atoms with Crippen LogP contribution in [0.2, 0.25) is 0 Å². The molecule has 1 aliphatic rings. The van der Waals surface area contributed by atoms with Crippen molar-refractivity contribution in [1.29, 1.82) is 0 Å². The number of para-hydroxylation sites is 1. The van der Waals surface area contributed by atoms with Crippen LogP contribution in [-0.2, 0) is 27.4 Å². The highest BCUT2D eigenvalue weighted by molar-refractivity contribution is 6.06. The molecule has 1 heterocycles. The molecular weight excluding hydrogens is 406 g/mol. The van der Waals surface area contributed by atoms with Gasteiger partial charge in [-0.2, -0.15) is 0 Å². The van der Waals surface area contributed by atoms with Crippen molar-refractivity contribution in [3.63, 3.8) is 0 Å². The van der Waals surface area contributed by atoms with Crippen LogP contribution >= 0.6 is 0 Å². The molecule has 0 saturated heterocycles. The van der Waals surface area contributed by atoms with E-state index in [0.29, 0.717) is 25.1 Å². The van der Waals surface area contributed by atoms with Gasteiger partial charge in [0.2, 0.25) is 11.8 Å². The number of anilines is 1. The highest BCUT2D eigenvalue weighted by Gasteiger charge is 2.40. The van der Waals surface area contributed by atoms with Crippen LogP contribution in [0.1, 0.15) is 44.2 Å². The van der Waals surface area contributed by atoms with E-state index in [1.807, 2.05) is 61.5 Å². The van der Waals surface area contributed by atoms with Crippen molar-refractivity contribution in [2.24, 2.45) is 0 Å². The van der Waals surface area contributed by atoms with E-state index < -0.39 is 18.2 Å². The first kappa shape index (κ1) is 23.3. The summed E-state index contributed by atoms with van der Waals surface area (Å²) in [6.07, 6.45) is 2.02. The van der Waals surface area contributed by atoms with Gasteiger partial charge < -0.3 is 15.4 Å². The quantitative estimate of drug-likeness (QED) is 0.587. The average Bonchev–Trinajstić information content (AvgIpc) is 3.21. The molecule has 2 N–H and O–H groups in total. The van der Waals surface area contributed by atoms with Gasteiger partial charge in [-0.3, -0.25) is 14.5 Å². The molecule has 1 aliphatic heterocycles. The molecule has 2 aromatic carbocycles. The Morgan fingerprint density at radius 2 is 1.78 bits per heavy atom. The van der Waals surface area contributed by atoms with Gasteiger partial charge in [-0.15, -0.1) is 0 Å². The van der Waals surface area contributed by atoms with Crippen LogP contribution in [0.4, 0.5) is 10.5 Å². The molecular formula is C25H31N3O4. The molecule has 2 aromatic rings. The lowest BCUT2D eigenvalue weighted by Crippen LogP contribution is -2.55. The van der Waals surface area contributed by atoms with Crippen LogP contribution in [-0.4, -0.2) is 36.5 Å². The lowest BCUT2D eigenvalue weighted by molar-refractivity contribution is -0.127. The Balaban J connectivity index is 1.70. The maximum atomic E-state index is 13.5. The molecule has 3 rings (SSSR count). The van der Waals surface area contributed by atoms with E-state index in [1.165, 1.54) is 4.90 Å². The first-order valence-corrected chi connectivity index (χ1v) is 11.2. The Hall–Kier alpha value is -3.35. The van der Waals surface area contributed by atoms with Gasteiger partial charge in [0.25, 0.3) is 0 Å². The molecule has 0 aliphatic carbocycles. The number of nitrogens with one attached hydrogen (secondary N) is 2. The summed E-state index contributed by atoms with van der Waals surface area (Å²) in [5, 5.41) is 5.61. The summed E-state index contributed by atoms with van der Waals surface area (Å²) >= 11 is 0. The zero-order chi connectivity index (χ0) is 22.9. The van der Waals surface area contributed by atoms with E-state index in [9.17, 15) is 14.4 Å². The highest BCUT2D eigenvalue weighted by atomic mass is 16.5. The van der Waals surface area contributed by atoms with Crippen molar-refractivity contribution >= 4 is 23.6 Å². The Morgan fingerprint density at radius 1 is 1.06 bits per heavy atom. The molecule has 0 unspecified atom stereocenters. The number of nitrogens with zero attached hydrogens (tertiary/aromatic N) is 1. The lowest BCUT2D eigenvalue weighted by Gasteiger charge is -2.28. The fraction of sp³-hybridized carbons (Fsp3) is 0.400. The molecule has 32 heavy (non-hydrogen) atoms. The summed E-state index contributed by atoms with van der Waals surface area (Å²) in [7, 11) is 0. The number of benzene rings is 2. The number of hydrogen-bond acceptors (Lipinski definition) is 4. The minimum absolute atomic E-state index is 0.117. The molecule has 2 atom stereocenters. The monoisotopic (exact) mass is 437 g/mol. The Bertz CT molecular complexity index is 932. The fourth-order valence-corrected chi connectivity index (χ4v) is 3.79. The Morgan fingerprint density at radius 3 is 2.50 bits per heavy atom. The van der Waals surface area contributed by atoms with Gasteiger partial charge in [0.1, 0.15) is 18.7 Å². The maximum Gasteiger partial charge on any atom is 0.408 e. The third-order valence-electron chi connectivity index (χ3n) is 5.56. The number of rotatable bonds is 9. The van der Waals surface area contributed by atoms with Crippen LogP contribution in [0.3, 0.4) is 0 Å². The summed E-state index contributed by atoms with van der Waals surface area (Å²) in [5.74, 6) is -0.491. The number of carbonyl (C=O) groups excluding carboxylic acids is 3. The molecule has 170 valence electrons. The first-order valence-electron chi connectivity index (χ1n) is 11.2. The van der Waals surface area contributed by atoms with Gasteiger partial charge in [0, 0.05) is 18.7 Å². The third kappa shape index (κ3) is 5.66. The highest BCUT2D eigenvalue weighted by Crippen LogP contribution is 2.33. The van der Waals surface area contributed by atoms with Crippen molar-refractivity contribution in [3.05, 3.63) is 65.7 Å². The number of carbonyl (C=O) groups is 3. The molecule has 0 fully saturated rings. The second kappa shape index (κ2) is 11.3. The Labute approximate surface area is 189 Å². The standard InChI is InChI=1S/C25H31N3O4/c1-3-5-15-26-23(29)22-16-19-13-9-10-14-21(19)28(22)24(30)20(4-2)27-25(31)32-17-18-11-7-6-8-12-18/h6-14,20,22H,3-5,15-17H2,1-2H3,(H,26,29)(H,27,31)/t20-,22-/m0/s1. The van der Waals surface area contributed by atoms with Gasteiger partial charge in [-0.25, -0.2) is 4.79 Å². The van der Waals surface area contributed by atoms with Crippen LogP contribution in [0.5, 0.6) is 0 Å². The molecule has 7 heteroatoms. The molecule has 7 nitrogen and oxygen atoms in total. The van der Waals surface area contributed by atoms with Crippen molar-refractivity contribution in [2.45, 2.75) is 58.2 Å². The molecule has 0 spiro atoms. The number of ether oxygens (including phenoxy) is 1. The fourth-order valence-electron chi connectivity index (χ4n) is 3.79. The van der Waals surface area contributed by atoms with Crippen molar-refractivity contribution in [2.75, 3.05) is 11.4 Å². The van der Waals surface area contributed by atoms with Crippen molar-refractivity contribution in [1.82, 2.24) is 10.6 Å². The smallest absolute Gasteiger partial charge is 0.408 e. The summed E-state index contributed by atoms with van der Waals surface area (Å²) in [6, 6.07) is 15.4. The largest absolute Gasteiger partial charge is 0.445 e. The lowest BCUT2D eigenvalue weighted by atomic mass is 10.1. The van der Waals surface area contributed by atoms with Gasteiger partial charge in [-0.05, 0) is 30.0 Å². The second-order valence-electron chi connectivity index (χ2n) is 7.87. The van der Waals surface area contributed by atoms with Crippen LogP contribution < -0.4 is 15.5 Å². The zero-order valence-electron chi connectivity index (χ0n) is 18.7. The van der Waals surface area contributed by atoms with E-state index in [-0.39, 0.29) is 18.4 Å². The first-order chi connectivity index (χ1) is 15.5. The van der Waals surface area contributed by atoms with Crippen LogP contribution in [0.15, 0.2) is 54.6 Å². The molecule has 3 amide bonds. The average molecular weight is 438 g/mol. The van der Waals surface area contributed by atoms with E-state index in [0.717, 1.165) is 24.0 Å². The zero-order valence-corrected chi connectivity index (χ0v) is 18.7.